The molecule has 0 aromatic heterocycles. The van der Waals surface area contributed by atoms with Crippen LogP contribution in [0.15, 0.2) is 0 Å². The molecular weight excluding hydrogens is 200 g/mol. The smallest absolute Gasteiger partial charge is 0.323 e. The van der Waals surface area contributed by atoms with Crippen molar-refractivity contribution in [3.63, 3.8) is 0 Å². The van der Waals surface area contributed by atoms with E-state index < -0.39 is 17.1 Å². The fourth-order valence-corrected chi connectivity index (χ4v) is 7.33. The maximum atomic E-state index is 9.61. The monoisotopic (exact) mass is 222 g/mol. The Hall–Kier alpha value is 0.314. The quantitative estimate of drug-likeness (QED) is 0.725. The van der Waals surface area contributed by atoms with Crippen LogP contribution in [0.2, 0.25) is 26.2 Å². The molecule has 0 saturated carbocycles. The largest absolute Gasteiger partial charge is 0.415 e. The molecule has 0 aromatic rings. The summed E-state index contributed by atoms with van der Waals surface area (Å²) in [6.45, 7) is 11.6. The van der Waals surface area contributed by atoms with E-state index in [1.54, 1.807) is 13.1 Å². The minimum atomic E-state index is -2.44. The van der Waals surface area contributed by atoms with Gasteiger partial charge < -0.3 is 13.3 Å². The van der Waals surface area contributed by atoms with Crippen LogP contribution in [0.5, 0.6) is 0 Å². The molecule has 0 amide bonds. The van der Waals surface area contributed by atoms with Crippen LogP contribution in [-0.4, -0.2) is 28.0 Å². The van der Waals surface area contributed by atoms with Gasteiger partial charge in [-0.05, 0) is 39.5 Å². The maximum absolute atomic E-state index is 9.61. The van der Waals surface area contributed by atoms with Crippen molar-refractivity contribution >= 4 is 17.1 Å². The fraction of sp³-hybridized carbons (Fsp3) is 1.00. The van der Waals surface area contributed by atoms with Gasteiger partial charge in [0.25, 0.3) is 0 Å². The SMILES string of the molecule is CCC(C)O[Si](C)(C)O[Si](C)(C)O. The highest BCUT2D eigenvalue weighted by atomic mass is 28.5. The Balaban J connectivity index is 4.08. The first-order chi connectivity index (χ1) is 5.66. The summed E-state index contributed by atoms with van der Waals surface area (Å²) in [7, 11) is -4.55. The summed E-state index contributed by atoms with van der Waals surface area (Å²) in [5, 5.41) is 0. The normalized spacial score (nSPS) is 15.9. The van der Waals surface area contributed by atoms with Gasteiger partial charge in [0.2, 0.25) is 0 Å². The second-order valence-corrected chi connectivity index (χ2v) is 11.0. The van der Waals surface area contributed by atoms with Gasteiger partial charge in [0.05, 0.1) is 0 Å². The van der Waals surface area contributed by atoms with Gasteiger partial charge in [0, 0.05) is 6.10 Å². The van der Waals surface area contributed by atoms with E-state index in [2.05, 4.69) is 6.92 Å². The van der Waals surface area contributed by atoms with Crippen molar-refractivity contribution in [2.24, 2.45) is 0 Å². The van der Waals surface area contributed by atoms with Gasteiger partial charge in [0.1, 0.15) is 0 Å². The molecule has 0 aliphatic heterocycles. The van der Waals surface area contributed by atoms with Crippen LogP contribution in [0.3, 0.4) is 0 Å². The van der Waals surface area contributed by atoms with E-state index in [0.29, 0.717) is 0 Å². The first-order valence-corrected chi connectivity index (χ1v) is 10.4. The number of hydrogen-bond donors (Lipinski definition) is 1. The van der Waals surface area contributed by atoms with Crippen LogP contribution in [-0.2, 0) is 8.54 Å². The highest BCUT2D eigenvalue weighted by Crippen LogP contribution is 2.16. The third kappa shape index (κ3) is 7.39. The lowest BCUT2D eigenvalue weighted by molar-refractivity contribution is 0.160. The van der Waals surface area contributed by atoms with Crippen LogP contribution < -0.4 is 0 Å². The lowest BCUT2D eigenvalue weighted by Gasteiger charge is -2.31. The fourth-order valence-electron chi connectivity index (χ4n) is 1.19. The van der Waals surface area contributed by atoms with Gasteiger partial charge in [0.15, 0.2) is 0 Å². The van der Waals surface area contributed by atoms with E-state index in [4.69, 9.17) is 8.54 Å². The summed E-state index contributed by atoms with van der Waals surface area (Å²) in [6, 6.07) is 0. The van der Waals surface area contributed by atoms with Crippen molar-refractivity contribution in [2.75, 3.05) is 0 Å². The Morgan fingerprint density at radius 3 is 2.00 bits per heavy atom. The molecule has 0 rings (SSSR count). The lowest BCUT2D eigenvalue weighted by Crippen LogP contribution is -2.48. The highest BCUT2D eigenvalue weighted by Gasteiger charge is 2.34. The van der Waals surface area contributed by atoms with E-state index >= 15 is 0 Å². The van der Waals surface area contributed by atoms with E-state index in [0.717, 1.165) is 6.42 Å². The average Bonchev–Trinajstić information content (AvgIpc) is 1.80. The van der Waals surface area contributed by atoms with E-state index in [1.807, 2.05) is 20.0 Å². The molecule has 13 heavy (non-hydrogen) atoms. The molecule has 3 nitrogen and oxygen atoms in total. The minimum absolute atomic E-state index is 0.220. The van der Waals surface area contributed by atoms with Gasteiger partial charge in [-0.2, -0.15) is 0 Å². The van der Waals surface area contributed by atoms with Crippen LogP contribution in [0.25, 0.3) is 0 Å². The molecule has 80 valence electrons. The molecule has 0 aliphatic rings. The van der Waals surface area contributed by atoms with Gasteiger partial charge in [-0.15, -0.1) is 0 Å². The Kier molecular flexibility index (Phi) is 4.81. The standard InChI is InChI=1S/C8H22O3Si2/c1-7-8(2)10-13(5,6)11-12(3,4)9/h8-9H,7H2,1-6H3. The summed E-state index contributed by atoms with van der Waals surface area (Å²) >= 11 is 0. The highest BCUT2D eigenvalue weighted by molar-refractivity contribution is 6.78. The molecule has 1 unspecified atom stereocenters. The Bertz CT molecular complexity index is 154. The molecule has 0 aromatic carbocycles. The molecule has 0 fully saturated rings. The molecule has 1 N–H and O–H groups in total. The molecule has 0 spiro atoms. The molecule has 5 heteroatoms. The molecule has 1 atom stereocenters. The van der Waals surface area contributed by atoms with E-state index in [1.165, 1.54) is 0 Å². The number of rotatable bonds is 5. The Morgan fingerprint density at radius 1 is 1.23 bits per heavy atom. The lowest BCUT2D eigenvalue weighted by atomic mass is 10.3. The Labute approximate surface area is 83.6 Å². The third-order valence-corrected chi connectivity index (χ3v) is 6.49. The van der Waals surface area contributed by atoms with Crippen molar-refractivity contribution < 1.29 is 13.3 Å². The predicted octanol–water partition coefficient (Wildman–Crippen LogP) is 2.21. The van der Waals surface area contributed by atoms with Crippen molar-refractivity contribution in [3.05, 3.63) is 0 Å². The second-order valence-electron chi connectivity index (χ2n) is 4.29. The summed E-state index contributed by atoms with van der Waals surface area (Å²) < 4.78 is 11.4. The third-order valence-electron chi connectivity index (χ3n) is 1.56. The average molecular weight is 222 g/mol. The number of hydrogen-bond acceptors (Lipinski definition) is 3. The zero-order valence-electron chi connectivity index (χ0n) is 9.55. The van der Waals surface area contributed by atoms with E-state index in [9.17, 15) is 4.80 Å². The van der Waals surface area contributed by atoms with Crippen molar-refractivity contribution in [1.82, 2.24) is 0 Å². The van der Waals surface area contributed by atoms with Crippen LogP contribution >= 0.6 is 0 Å². The van der Waals surface area contributed by atoms with Crippen molar-refractivity contribution in [1.29, 1.82) is 0 Å². The van der Waals surface area contributed by atoms with Gasteiger partial charge in [-0.1, -0.05) is 6.92 Å². The summed E-state index contributed by atoms with van der Waals surface area (Å²) in [5.74, 6) is 0. The van der Waals surface area contributed by atoms with Crippen LogP contribution in [0.1, 0.15) is 20.3 Å². The predicted molar refractivity (Wildman–Crippen MR) is 59.1 cm³/mol. The minimum Gasteiger partial charge on any atom is -0.415 e. The topological polar surface area (TPSA) is 38.7 Å². The van der Waals surface area contributed by atoms with Crippen LogP contribution in [0.4, 0.5) is 0 Å². The van der Waals surface area contributed by atoms with Gasteiger partial charge in [-0.3, -0.25) is 0 Å². The second kappa shape index (κ2) is 4.70. The molecule has 0 heterocycles. The van der Waals surface area contributed by atoms with Crippen LogP contribution in [0, 0.1) is 0 Å². The van der Waals surface area contributed by atoms with Crippen molar-refractivity contribution in [3.8, 4) is 0 Å². The van der Waals surface area contributed by atoms with E-state index in [-0.39, 0.29) is 6.10 Å². The molecule has 0 bridgehead atoms. The van der Waals surface area contributed by atoms with Gasteiger partial charge in [-0.25, -0.2) is 0 Å². The molecular formula is C8H22O3Si2. The molecule has 0 radical (unpaired) electrons. The zero-order valence-corrected chi connectivity index (χ0v) is 11.5. The van der Waals surface area contributed by atoms with Crippen molar-refractivity contribution in [2.45, 2.75) is 52.6 Å². The molecule has 0 saturated heterocycles. The first-order valence-electron chi connectivity index (χ1n) is 4.76. The summed E-state index contributed by atoms with van der Waals surface area (Å²) in [4.78, 5) is 9.61. The molecule has 0 aliphatic carbocycles. The zero-order chi connectivity index (χ0) is 10.7. The maximum Gasteiger partial charge on any atom is 0.323 e. The Morgan fingerprint density at radius 2 is 1.69 bits per heavy atom. The summed E-state index contributed by atoms with van der Waals surface area (Å²) in [5.41, 5.74) is 0. The first kappa shape index (κ1) is 13.3. The van der Waals surface area contributed by atoms with Gasteiger partial charge >= 0.3 is 17.1 Å². The summed E-state index contributed by atoms with van der Waals surface area (Å²) in [6.07, 6.45) is 1.20.